The van der Waals surface area contributed by atoms with E-state index >= 15 is 0 Å². The Morgan fingerprint density at radius 3 is 2.20 bits per heavy atom. The van der Waals surface area contributed by atoms with Gasteiger partial charge in [-0.3, -0.25) is 13.9 Å². The summed E-state index contributed by atoms with van der Waals surface area (Å²) in [4.78, 5) is 29.3. The third-order valence-corrected chi connectivity index (χ3v) is 7.60. The molecule has 1 N–H and O–H groups in total. The summed E-state index contributed by atoms with van der Waals surface area (Å²) in [5.74, 6) is 0.0377. The van der Waals surface area contributed by atoms with Gasteiger partial charge in [0.2, 0.25) is 21.8 Å². The highest BCUT2D eigenvalue weighted by atomic mass is 32.2. The Balaban J connectivity index is 2.11. The van der Waals surface area contributed by atoms with Crippen LogP contribution >= 0.6 is 0 Å². The van der Waals surface area contributed by atoms with Crippen molar-refractivity contribution < 1.29 is 27.5 Å². The van der Waals surface area contributed by atoms with Gasteiger partial charge in [0.25, 0.3) is 0 Å². The van der Waals surface area contributed by atoms with Gasteiger partial charge in [-0.1, -0.05) is 48.5 Å². The van der Waals surface area contributed by atoms with Crippen molar-refractivity contribution in [1.29, 1.82) is 0 Å². The van der Waals surface area contributed by atoms with Gasteiger partial charge in [-0.2, -0.15) is 0 Å². The predicted octanol–water partition coefficient (Wildman–Crippen LogP) is 3.94. The monoisotopic (exact) mass is 581 g/mol. The lowest BCUT2D eigenvalue weighted by molar-refractivity contribution is -0.140. The van der Waals surface area contributed by atoms with Gasteiger partial charge >= 0.3 is 0 Å². The van der Waals surface area contributed by atoms with Crippen LogP contribution in [-0.4, -0.2) is 64.2 Å². The van der Waals surface area contributed by atoms with Crippen molar-refractivity contribution in [3.63, 3.8) is 0 Å². The average Bonchev–Trinajstić information content (AvgIpc) is 2.93. The lowest BCUT2D eigenvalue weighted by Gasteiger charge is -2.34. The molecule has 0 bridgehead atoms. The van der Waals surface area contributed by atoms with Crippen LogP contribution in [0.1, 0.15) is 30.5 Å². The fraction of sp³-hybridized carbons (Fsp3) is 0.355. The Labute approximate surface area is 243 Å². The number of aryl methyl sites for hydroxylation is 1. The third kappa shape index (κ3) is 8.72. The van der Waals surface area contributed by atoms with Crippen LogP contribution < -0.4 is 19.1 Å². The molecule has 10 heteroatoms. The minimum atomic E-state index is -3.92. The maximum atomic E-state index is 14.2. The molecule has 3 rings (SSSR count). The van der Waals surface area contributed by atoms with Crippen molar-refractivity contribution in [3.8, 4) is 11.5 Å². The van der Waals surface area contributed by atoms with E-state index in [1.165, 1.54) is 12.0 Å². The number of nitrogens with zero attached hydrogens (tertiary/aromatic N) is 2. The first-order valence-electron chi connectivity index (χ1n) is 13.3. The summed E-state index contributed by atoms with van der Waals surface area (Å²) in [6, 6.07) is 20.7. The molecular formula is C31H39N3O6S. The van der Waals surface area contributed by atoms with Crippen LogP contribution in [0.3, 0.4) is 0 Å². The maximum absolute atomic E-state index is 14.2. The highest BCUT2D eigenvalue weighted by molar-refractivity contribution is 7.92. The first-order chi connectivity index (χ1) is 19.4. The number of methoxy groups -OCH3 is 2. The largest absolute Gasteiger partial charge is 0.497 e. The number of ether oxygens (including phenoxy) is 2. The number of carbonyl (C=O) groups excluding carboxylic acids is 2. The standard InChI is InChI=1S/C31H39N3O6S/c1-22(2)32-31(36)28(19-24-11-8-7-9-12-24)33(20-25-13-10-14-26(18-25)39-4)30(35)21-34(41(6,37)38)27-17-23(3)15-16-29(27)40-5/h7-18,22,28H,19-21H2,1-6H3,(H,32,36)/t28-/m1/s1. The van der Waals surface area contributed by atoms with E-state index in [1.54, 1.807) is 43.5 Å². The molecule has 2 amide bonds. The summed E-state index contributed by atoms with van der Waals surface area (Å²) in [6.07, 6.45) is 1.28. The molecule has 0 aliphatic heterocycles. The first-order valence-corrected chi connectivity index (χ1v) is 15.2. The Kier molecular flexibility index (Phi) is 10.8. The van der Waals surface area contributed by atoms with Gasteiger partial charge in [0, 0.05) is 19.0 Å². The number of benzene rings is 3. The normalized spacial score (nSPS) is 12.0. The average molecular weight is 582 g/mol. The summed E-state index contributed by atoms with van der Waals surface area (Å²) >= 11 is 0. The number of nitrogens with one attached hydrogen (secondary N) is 1. The molecule has 0 aromatic heterocycles. The van der Waals surface area contributed by atoms with Crippen LogP contribution in [0.25, 0.3) is 0 Å². The minimum absolute atomic E-state index is 0.0571. The zero-order valence-corrected chi connectivity index (χ0v) is 25.3. The van der Waals surface area contributed by atoms with E-state index in [9.17, 15) is 18.0 Å². The lowest BCUT2D eigenvalue weighted by atomic mass is 10.0. The lowest BCUT2D eigenvalue weighted by Crippen LogP contribution is -2.54. The van der Waals surface area contributed by atoms with Crippen LogP contribution in [-0.2, 0) is 32.6 Å². The molecule has 1 atom stereocenters. The van der Waals surface area contributed by atoms with E-state index in [0.29, 0.717) is 11.5 Å². The van der Waals surface area contributed by atoms with Crippen molar-refractivity contribution in [1.82, 2.24) is 10.2 Å². The molecule has 0 saturated heterocycles. The fourth-order valence-electron chi connectivity index (χ4n) is 4.49. The number of sulfonamides is 1. The number of hydrogen-bond acceptors (Lipinski definition) is 6. The first kappa shape index (κ1) is 31.5. The smallest absolute Gasteiger partial charge is 0.244 e. The number of carbonyl (C=O) groups is 2. The Morgan fingerprint density at radius 2 is 1.59 bits per heavy atom. The zero-order valence-electron chi connectivity index (χ0n) is 24.5. The number of hydrogen-bond donors (Lipinski definition) is 1. The number of amides is 2. The van der Waals surface area contributed by atoms with E-state index in [2.05, 4.69) is 5.32 Å². The van der Waals surface area contributed by atoms with E-state index in [0.717, 1.165) is 27.3 Å². The van der Waals surface area contributed by atoms with Crippen molar-refractivity contribution in [2.75, 3.05) is 31.3 Å². The molecule has 0 fully saturated rings. The molecule has 0 spiro atoms. The summed E-state index contributed by atoms with van der Waals surface area (Å²) in [5.41, 5.74) is 2.64. The topological polar surface area (TPSA) is 105 Å². The maximum Gasteiger partial charge on any atom is 0.244 e. The second-order valence-corrected chi connectivity index (χ2v) is 12.1. The van der Waals surface area contributed by atoms with E-state index in [4.69, 9.17) is 9.47 Å². The van der Waals surface area contributed by atoms with Crippen LogP contribution in [0.4, 0.5) is 5.69 Å². The third-order valence-electron chi connectivity index (χ3n) is 6.47. The summed E-state index contributed by atoms with van der Waals surface area (Å²) in [5, 5.41) is 2.94. The molecule has 0 heterocycles. The molecular weight excluding hydrogens is 542 g/mol. The summed E-state index contributed by atoms with van der Waals surface area (Å²) in [7, 11) is -0.925. The Bertz CT molecular complexity index is 1440. The molecule has 3 aromatic rings. The van der Waals surface area contributed by atoms with Crippen molar-refractivity contribution >= 4 is 27.5 Å². The van der Waals surface area contributed by atoms with Gasteiger partial charge in [0.1, 0.15) is 24.1 Å². The Morgan fingerprint density at radius 1 is 0.902 bits per heavy atom. The van der Waals surface area contributed by atoms with E-state index < -0.39 is 28.5 Å². The molecule has 3 aromatic carbocycles. The molecule has 9 nitrogen and oxygen atoms in total. The number of rotatable bonds is 13. The molecule has 0 radical (unpaired) electrons. The molecule has 41 heavy (non-hydrogen) atoms. The van der Waals surface area contributed by atoms with Gasteiger partial charge in [-0.25, -0.2) is 8.42 Å². The van der Waals surface area contributed by atoms with Crippen molar-refractivity contribution in [3.05, 3.63) is 89.5 Å². The Hall–Kier alpha value is -4.05. The molecule has 0 saturated carbocycles. The van der Waals surface area contributed by atoms with Gasteiger partial charge in [0.15, 0.2) is 0 Å². The summed E-state index contributed by atoms with van der Waals surface area (Å²) < 4.78 is 37.9. The van der Waals surface area contributed by atoms with Crippen LogP contribution in [0.2, 0.25) is 0 Å². The molecule has 0 unspecified atom stereocenters. The molecule has 220 valence electrons. The SMILES string of the molecule is COc1cccc(CN(C(=O)CN(c2cc(C)ccc2OC)S(C)(=O)=O)[C@H](Cc2ccccc2)C(=O)NC(C)C)c1. The predicted molar refractivity (Wildman–Crippen MR) is 161 cm³/mol. The van der Waals surface area contributed by atoms with Gasteiger partial charge in [0.05, 0.1) is 26.2 Å². The van der Waals surface area contributed by atoms with E-state index in [-0.39, 0.29) is 30.6 Å². The van der Waals surface area contributed by atoms with Crippen molar-refractivity contribution in [2.24, 2.45) is 0 Å². The molecule has 0 aliphatic carbocycles. The van der Waals surface area contributed by atoms with Crippen LogP contribution in [0.5, 0.6) is 11.5 Å². The quantitative estimate of drug-likeness (QED) is 0.328. The van der Waals surface area contributed by atoms with Gasteiger partial charge < -0.3 is 19.7 Å². The second kappa shape index (κ2) is 14.0. The number of anilines is 1. The van der Waals surface area contributed by atoms with Crippen LogP contribution in [0, 0.1) is 6.92 Å². The van der Waals surface area contributed by atoms with Gasteiger partial charge in [-0.15, -0.1) is 0 Å². The fourth-order valence-corrected chi connectivity index (χ4v) is 5.34. The molecule has 0 aliphatic rings. The summed E-state index contributed by atoms with van der Waals surface area (Å²) in [6.45, 7) is 5.05. The highest BCUT2D eigenvalue weighted by Crippen LogP contribution is 2.31. The van der Waals surface area contributed by atoms with Gasteiger partial charge in [-0.05, 0) is 61.7 Å². The highest BCUT2D eigenvalue weighted by Gasteiger charge is 2.34. The second-order valence-electron chi connectivity index (χ2n) is 10.2. The minimum Gasteiger partial charge on any atom is -0.497 e. The zero-order chi connectivity index (χ0) is 30.2. The van der Waals surface area contributed by atoms with Crippen LogP contribution in [0.15, 0.2) is 72.8 Å². The van der Waals surface area contributed by atoms with Crippen molar-refractivity contribution in [2.45, 2.75) is 45.8 Å². The van der Waals surface area contributed by atoms with E-state index in [1.807, 2.05) is 57.2 Å².